The summed E-state index contributed by atoms with van der Waals surface area (Å²) < 4.78 is 7.16. The molecule has 4 nitrogen and oxygen atoms in total. The fourth-order valence-corrected chi connectivity index (χ4v) is 2.73. The van der Waals surface area contributed by atoms with E-state index in [4.69, 9.17) is 33.7 Å². The lowest BCUT2D eigenvalue weighted by Gasteiger charge is -2.09. The zero-order chi connectivity index (χ0) is 15.1. The van der Waals surface area contributed by atoms with Crippen molar-refractivity contribution in [1.82, 2.24) is 9.55 Å². The number of anilines is 1. The number of aromatic nitrogens is 2. The predicted octanol–water partition coefficient (Wildman–Crippen LogP) is 4.14. The first-order valence-corrected chi connectivity index (χ1v) is 7.03. The van der Waals surface area contributed by atoms with Gasteiger partial charge in [0.2, 0.25) is 0 Å². The molecule has 6 heteroatoms. The van der Waals surface area contributed by atoms with Gasteiger partial charge in [-0.15, -0.1) is 0 Å². The molecule has 0 aliphatic carbocycles. The molecular formula is C15H13Cl2N3O. The first-order chi connectivity index (χ1) is 10.0. The standard InChI is InChI=1S/C15H13Cl2N3O/c1-20-12-6-3-8(21-2)7-11(12)19-15(20)13-9(16)4-5-10(17)14(13)18/h3-7H,18H2,1-2H3. The van der Waals surface area contributed by atoms with Gasteiger partial charge in [-0.05, 0) is 24.3 Å². The molecule has 108 valence electrons. The Labute approximate surface area is 132 Å². The number of hydrogen-bond donors (Lipinski definition) is 1. The van der Waals surface area contributed by atoms with Crippen LogP contribution in [0.3, 0.4) is 0 Å². The first-order valence-electron chi connectivity index (χ1n) is 6.27. The Hall–Kier alpha value is -1.91. The number of benzene rings is 2. The SMILES string of the molecule is COc1ccc2c(c1)nc(-c1c(Cl)ccc(Cl)c1N)n2C. The van der Waals surface area contributed by atoms with E-state index in [-0.39, 0.29) is 0 Å². The van der Waals surface area contributed by atoms with E-state index in [1.165, 1.54) is 0 Å². The van der Waals surface area contributed by atoms with Gasteiger partial charge in [0.1, 0.15) is 11.6 Å². The number of hydrogen-bond acceptors (Lipinski definition) is 3. The zero-order valence-corrected chi connectivity index (χ0v) is 13.0. The van der Waals surface area contributed by atoms with Crippen molar-refractivity contribution in [1.29, 1.82) is 0 Å². The molecule has 0 unspecified atom stereocenters. The third kappa shape index (κ3) is 2.20. The van der Waals surface area contributed by atoms with E-state index >= 15 is 0 Å². The molecule has 2 N–H and O–H groups in total. The van der Waals surface area contributed by atoms with Crippen LogP contribution in [-0.4, -0.2) is 16.7 Å². The van der Waals surface area contributed by atoms with E-state index in [0.717, 1.165) is 16.8 Å². The van der Waals surface area contributed by atoms with Crippen molar-refractivity contribution in [2.75, 3.05) is 12.8 Å². The number of rotatable bonds is 2. The van der Waals surface area contributed by atoms with Gasteiger partial charge in [-0.1, -0.05) is 23.2 Å². The molecule has 1 heterocycles. The number of fused-ring (bicyclic) bond motifs is 1. The summed E-state index contributed by atoms with van der Waals surface area (Å²) in [5.41, 5.74) is 8.90. The number of imidazole rings is 1. The molecule has 0 bridgehead atoms. The second kappa shape index (κ2) is 5.13. The highest BCUT2D eigenvalue weighted by Crippen LogP contribution is 2.38. The number of nitrogens with zero attached hydrogens (tertiary/aromatic N) is 2. The minimum atomic E-state index is 0.425. The van der Waals surface area contributed by atoms with Crippen LogP contribution in [0, 0.1) is 0 Å². The molecule has 3 aromatic rings. The predicted molar refractivity (Wildman–Crippen MR) is 87.1 cm³/mol. The average Bonchev–Trinajstić information content (AvgIpc) is 2.80. The van der Waals surface area contributed by atoms with Crippen LogP contribution < -0.4 is 10.5 Å². The van der Waals surface area contributed by atoms with Crippen LogP contribution in [0.25, 0.3) is 22.4 Å². The lowest BCUT2D eigenvalue weighted by molar-refractivity contribution is 0.415. The van der Waals surface area contributed by atoms with Crippen LogP contribution in [0.4, 0.5) is 5.69 Å². The van der Waals surface area contributed by atoms with E-state index in [0.29, 0.717) is 27.1 Å². The summed E-state index contributed by atoms with van der Waals surface area (Å²) in [6.07, 6.45) is 0. The molecule has 0 radical (unpaired) electrons. The van der Waals surface area contributed by atoms with Crippen LogP contribution in [0.15, 0.2) is 30.3 Å². The summed E-state index contributed by atoms with van der Waals surface area (Å²) >= 11 is 12.4. The molecular weight excluding hydrogens is 309 g/mol. The van der Waals surface area contributed by atoms with Gasteiger partial charge in [0.15, 0.2) is 0 Å². The molecule has 0 saturated heterocycles. The lowest BCUT2D eigenvalue weighted by Crippen LogP contribution is -1.98. The van der Waals surface area contributed by atoms with E-state index in [1.807, 2.05) is 29.8 Å². The summed E-state index contributed by atoms with van der Waals surface area (Å²) in [4.78, 5) is 4.61. The Morgan fingerprint density at radius 2 is 1.86 bits per heavy atom. The number of nitrogens with two attached hydrogens (primary N) is 1. The second-order valence-electron chi connectivity index (χ2n) is 4.67. The van der Waals surface area contributed by atoms with Crippen molar-refractivity contribution in [3.63, 3.8) is 0 Å². The third-order valence-electron chi connectivity index (χ3n) is 3.45. The molecule has 2 aromatic carbocycles. The summed E-state index contributed by atoms with van der Waals surface area (Å²) in [7, 11) is 3.53. The quantitative estimate of drug-likeness (QED) is 0.722. The maximum atomic E-state index is 6.28. The van der Waals surface area contributed by atoms with Gasteiger partial charge >= 0.3 is 0 Å². The van der Waals surface area contributed by atoms with Crippen LogP contribution in [0.1, 0.15) is 0 Å². The van der Waals surface area contributed by atoms with E-state index < -0.39 is 0 Å². The van der Waals surface area contributed by atoms with Crippen LogP contribution in [-0.2, 0) is 7.05 Å². The Morgan fingerprint density at radius 1 is 1.14 bits per heavy atom. The zero-order valence-electron chi connectivity index (χ0n) is 11.5. The van der Waals surface area contributed by atoms with Crippen molar-refractivity contribution >= 4 is 39.9 Å². The average molecular weight is 322 g/mol. The molecule has 0 aliphatic rings. The van der Waals surface area contributed by atoms with Crippen LogP contribution in [0.2, 0.25) is 10.0 Å². The summed E-state index contributed by atoms with van der Waals surface area (Å²) in [6.45, 7) is 0. The largest absolute Gasteiger partial charge is 0.497 e. The topological polar surface area (TPSA) is 53.1 Å². The molecule has 0 atom stereocenters. The second-order valence-corrected chi connectivity index (χ2v) is 5.48. The van der Waals surface area contributed by atoms with Crippen molar-refractivity contribution in [3.8, 4) is 17.1 Å². The fraction of sp³-hybridized carbons (Fsp3) is 0.133. The maximum Gasteiger partial charge on any atom is 0.144 e. The van der Waals surface area contributed by atoms with Crippen molar-refractivity contribution in [3.05, 3.63) is 40.4 Å². The van der Waals surface area contributed by atoms with Crippen molar-refractivity contribution < 1.29 is 4.74 Å². The highest BCUT2D eigenvalue weighted by Gasteiger charge is 2.17. The fourth-order valence-electron chi connectivity index (χ4n) is 2.32. The van der Waals surface area contributed by atoms with Gasteiger partial charge < -0.3 is 15.0 Å². The highest BCUT2D eigenvalue weighted by atomic mass is 35.5. The molecule has 21 heavy (non-hydrogen) atoms. The minimum Gasteiger partial charge on any atom is -0.497 e. The molecule has 0 fully saturated rings. The Bertz CT molecular complexity index is 843. The Kier molecular flexibility index (Phi) is 3.43. The minimum absolute atomic E-state index is 0.425. The van der Waals surface area contributed by atoms with Crippen LogP contribution in [0.5, 0.6) is 5.75 Å². The molecule has 0 aliphatic heterocycles. The van der Waals surface area contributed by atoms with Crippen molar-refractivity contribution in [2.24, 2.45) is 7.05 Å². The normalized spacial score (nSPS) is 11.0. The molecule has 0 saturated carbocycles. The van der Waals surface area contributed by atoms with Gasteiger partial charge in [0.25, 0.3) is 0 Å². The van der Waals surface area contributed by atoms with Gasteiger partial charge in [-0.2, -0.15) is 0 Å². The highest BCUT2D eigenvalue weighted by molar-refractivity contribution is 6.37. The van der Waals surface area contributed by atoms with E-state index in [9.17, 15) is 0 Å². The summed E-state index contributed by atoms with van der Waals surface area (Å²) in [5, 5.41) is 0.973. The smallest absolute Gasteiger partial charge is 0.144 e. The van der Waals surface area contributed by atoms with E-state index in [2.05, 4.69) is 4.98 Å². The lowest BCUT2D eigenvalue weighted by atomic mass is 10.1. The monoisotopic (exact) mass is 321 g/mol. The molecule has 1 aromatic heterocycles. The van der Waals surface area contributed by atoms with Gasteiger partial charge in [-0.25, -0.2) is 4.98 Å². The number of methoxy groups -OCH3 is 1. The number of halogens is 2. The third-order valence-corrected chi connectivity index (χ3v) is 4.10. The van der Waals surface area contributed by atoms with Gasteiger partial charge in [0, 0.05) is 13.1 Å². The molecule has 0 amide bonds. The van der Waals surface area contributed by atoms with Crippen LogP contribution >= 0.6 is 23.2 Å². The number of aryl methyl sites for hydroxylation is 1. The first kappa shape index (κ1) is 14.0. The van der Waals surface area contributed by atoms with Gasteiger partial charge in [-0.3, -0.25) is 0 Å². The Morgan fingerprint density at radius 3 is 2.57 bits per heavy atom. The van der Waals surface area contributed by atoms with E-state index in [1.54, 1.807) is 19.2 Å². The van der Waals surface area contributed by atoms with Gasteiger partial charge in [0.05, 0.1) is 39.4 Å². The molecule has 3 rings (SSSR count). The summed E-state index contributed by atoms with van der Waals surface area (Å²) in [5.74, 6) is 1.42. The summed E-state index contributed by atoms with van der Waals surface area (Å²) in [6, 6.07) is 9.09. The molecule has 0 spiro atoms. The number of nitrogen functional groups attached to an aromatic ring is 1. The van der Waals surface area contributed by atoms with Crippen molar-refractivity contribution in [2.45, 2.75) is 0 Å². The Balaban J connectivity index is 2.31. The maximum absolute atomic E-state index is 6.28. The number of ether oxygens (including phenoxy) is 1.